The molecule has 31 heavy (non-hydrogen) atoms. The van der Waals surface area contributed by atoms with E-state index in [2.05, 4.69) is 0 Å². The zero-order chi connectivity index (χ0) is 21.8. The van der Waals surface area contributed by atoms with Crippen molar-refractivity contribution in [3.63, 3.8) is 0 Å². The molecule has 0 saturated carbocycles. The zero-order valence-electron chi connectivity index (χ0n) is 16.6. The van der Waals surface area contributed by atoms with Crippen molar-refractivity contribution in [2.45, 2.75) is 13.1 Å². The Hall–Kier alpha value is -4.19. The maximum absolute atomic E-state index is 13.2. The summed E-state index contributed by atoms with van der Waals surface area (Å²) in [4.78, 5) is 41.6. The van der Waals surface area contributed by atoms with Gasteiger partial charge in [0, 0.05) is 0 Å². The van der Waals surface area contributed by atoms with Crippen molar-refractivity contribution in [2.75, 3.05) is 0 Å². The average molecular weight is 412 g/mol. The summed E-state index contributed by atoms with van der Waals surface area (Å²) in [6.07, 6.45) is 1.45. The summed E-state index contributed by atoms with van der Waals surface area (Å²) in [5.74, 6) is -1.21. The van der Waals surface area contributed by atoms with Gasteiger partial charge in [-0.2, -0.15) is 0 Å². The number of carbonyl (C=O) groups excluding carboxylic acids is 3. The van der Waals surface area contributed by atoms with Crippen LogP contribution in [0.3, 0.4) is 0 Å². The minimum atomic E-state index is -0.648. The topological polar surface area (TPSA) is 77.9 Å². The smallest absolute Gasteiger partial charge is 0.334 e. The molecule has 0 atom stereocenters. The number of phenolic OH excluding ortho intramolecular Hbond substituents is 1. The number of nitrogens with zero attached hydrogens (tertiary/aromatic N) is 2. The van der Waals surface area contributed by atoms with Gasteiger partial charge < -0.3 is 5.11 Å². The molecular weight excluding hydrogens is 392 g/mol. The molecule has 1 aliphatic rings. The summed E-state index contributed by atoms with van der Waals surface area (Å²) < 4.78 is 0. The van der Waals surface area contributed by atoms with Crippen LogP contribution in [0.4, 0.5) is 4.79 Å². The number of imide groups is 2. The minimum Gasteiger partial charge on any atom is -0.508 e. The molecule has 1 N–H and O–H groups in total. The quantitative estimate of drug-likeness (QED) is 0.508. The minimum absolute atomic E-state index is 0.0595. The number of phenols is 1. The summed E-state index contributed by atoms with van der Waals surface area (Å²) >= 11 is 0. The Morgan fingerprint density at radius 3 is 1.55 bits per heavy atom. The van der Waals surface area contributed by atoms with Crippen molar-refractivity contribution in [3.05, 3.63) is 107 Å². The number of aromatic hydroxyl groups is 1. The van der Waals surface area contributed by atoms with Crippen molar-refractivity contribution in [1.29, 1.82) is 0 Å². The van der Waals surface area contributed by atoms with E-state index in [1.807, 2.05) is 60.7 Å². The fraction of sp³-hybridized carbons (Fsp3) is 0.0800. The molecule has 0 aliphatic carbocycles. The number of hydrogen-bond donors (Lipinski definition) is 1. The van der Waals surface area contributed by atoms with E-state index >= 15 is 0 Å². The molecule has 0 unspecified atom stereocenters. The molecule has 0 bridgehead atoms. The molecule has 1 aliphatic heterocycles. The number of urea groups is 1. The second kappa shape index (κ2) is 8.67. The second-order valence-electron chi connectivity index (χ2n) is 7.19. The fourth-order valence-electron chi connectivity index (χ4n) is 3.37. The number of barbiturate groups is 1. The highest BCUT2D eigenvalue weighted by atomic mass is 16.3. The van der Waals surface area contributed by atoms with Gasteiger partial charge in [0.05, 0.1) is 13.1 Å². The van der Waals surface area contributed by atoms with Crippen molar-refractivity contribution >= 4 is 23.9 Å². The molecule has 154 valence electrons. The lowest BCUT2D eigenvalue weighted by Gasteiger charge is -2.34. The molecule has 4 rings (SSSR count). The van der Waals surface area contributed by atoms with Crippen LogP contribution >= 0.6 is 0 Å². The number of rotatable bonds is 5. The van der Waals surface area contributed by atoms with Crippen LogP contribution in [0.2, 0.25) is 0 Å². The molecule has 0 aromatic heterocycles. The lowest BCUT2D eigenvalue weighted by atomic mass is 10.0. The van der Waals surface area contributed by atoms with Gasteiger partial charge in [0.2, 0.25) is 0 Å². The second-order valence-corrected chi connectivity index (χ2v) is 7.19. The molecule has 0 spiro atoms. The Morgan fingerprint density at radius 1 is 0.645 bits per heavy atom. The van der Waals surface area contributed by atoms with E-state index in [9.17, 15) is 19.5 Å². The maximum atomic E-state index is 13.2. The third-order valence-electron chi connectivity index (χ3n) is 4.98. The lowest BCUT2D eigenvalue weighted by molar-refractivity contribution is -0.136. The van der Waals surface area contributed by atoms with Crippen LogP contribution in [0.25, 0.3) is 6.08 Å². The van der Waals surface area contributed by atoms with Gasteiger partial charge in [0.25, 0.3) is 11.8 Å². The van der Waals surface area contributed by atoms with E-state index in [1.54, 1.807) is 12.1 Å². The van der Waals surface area contributed by atoms with Gasteiger partial charge in [-0.05, 0) is 34.9 Å². The van der Waals surface area contributed by atoms with E-state index in [0.29, 0.717) is 5.56 Å². The molecule has 1 saturated heterocycles. The highest BCUT2D eigenvalue weighted by Crippen LogP contribution is 2.24. The van der Waals surface area contributed by atoms with Crippen LogP contribution in [0, 0.1) is 0 Å². The summed E-state index contributed by atoms with van der Waals surface area (Å²) in [5, 5.41) is 9.50. The number of benzene rings is 3. The van der Waals surface area contributed by atoms with Crippen molar-refractivity contribution in [1.82, 2.24) is 9.80 Å². The van der Waals surface area contributed by atoms with E-state index < -0.39 is 17.8 Å². The average Bonchev–Trinajstić information content (AvgIpc) is 2.80. The fourth-order valence-corrected chi connectivity index (χ4v) is 3.37. The monoisotopic (exact) mass is 412 g/mol. The van der Waals surface area contributed by atoms with Crippen molar-refractivity contribution < 1.29 is 19.5 Å². The van der Waals surface area contributed by atoms with Gasteiger partial charge >= 0.3 is 6.03 Å². The molecule has 3 aromatic rings. The standard InChI is InChI=1S/C25H20N2O4/c28-21-13-11-18(12-14-21)15-22-23(29)26(16-19-7-3-1-4-8-19)25(31)27(24(22)30)17-20-9-5-2-6-10-20/h1-15,28H,16-17H2. The summed E-state index contributed by atoms with van der Waals surface area (Å²) in [7, 11) is 0. The SMILES string of the molecule is O=C1C(=Cc2ccc(O)cc2)C(=O)N(Cc2ccccc2)C(=O)N1Cc1ccccc1. The van der Waals surface area contributed by atoms with E-state index in [1.165, 1.54) is 18.2 Å². The van der Waals surface area contributed by atoms with Gasteiger partial charge in [0.1, 0.15) is 11.3 Å². The molecule has 3 aromatic carbocycles. The Bertz CT molecular complexity index is 1070. The van der Waals surface area contributed by atoms with Crippen LogP contribution in [-0.2, 0) is 22.7 Å². The summed E-state index contributed by atoms with van der Waals surface area (Å²) in [5.41, 5.74) is 2.03. The number of hydrogen-bond acceptors (Lipinski definition) is 4. The first-order valence-corrected chi connectivity index (χ1v) is 9.79. The van der Waals surface area contributed by atoms with Crippen LogP contribution in [-0.4, -0.2) is 32.8 Å². The van der Waals surface area contributed by atoms with Crippen LogP contribution in [0.5, 0.6) is 5.75 Å². The van der Waals surface area contributed by atoms with Crippen LogP contribution in [0.1, 0.15) is 16.7 Å². The van der Waals surface area contributed by atoms with Crippen molar-refractivity contribution in [2.24, 2.45) is 0 Å². The molecular formula is C25H20N2O4. The van der Waals surface area contributed by atoms with Gasteiger partial charge in [0.15, 0.2) is 0 Å². The van der Waals surface area contributed by atoms with Gasteiger partial charge in [-0.3, -0.25) is 19.4 Å². The number of carbonyl (C=O) groups is 3. The van der Waals surface area contributed by atoms with Crippen LogP contribution in [0.15, 0.2) is 90.5 Å². The van der Waals surface area contributed by atoms with Gasteiger partial charge in [-0.25, -0.2) is 4.79 Å². The first kappa shape index (κ1) is 20.1. The largest absolute Gasteiger partial charge is 0.508 e. The predicted molar refractivity (Wildman–Crippen MR) is 115 cm³/mol. The highest BCUT2D eigenvalue weighted by molar-refractivity contribution is 6.30. The molecule has 1 heterocycles. The molecule has 0 radical (unpaired) electrons. The first-order valence-electron chi connectivity index (χ1n) is 9.79. The van der Waals surface area contributed by atoms with E-state index in [-0.39, 0.29) is 24.4 Å². The Kier molecular flexibility index (Phi) is 5.62. The molecule has 6 nitrogen and oxygen atoms in total. The van der Waals surface area contributed by atoms with E-state index in [0.717, 1.165) is 20.9 Å². The summed E-state index contributed by atoms with van der Waals surface area (Å²) in [6.45, 7) is 0.119. The lowest BCUT2D eigenvalue weighted by Crippen LogP contribution is -2.55. The first-order chi connectivity index (χ1) is 15.0. The summed E-state index contributed by atoms with van der Waals surface area (Å²) in [6, 6.07) is 23.8. The Morgan fingerprint density at radius 2 is 1.10 bits per heavy atom. The third-order valence-corrected chi connectivity index (χ3v) is 4.98. The van der Waals surface area contributed by atoms with Crippen LogP contribution < -0.4 is 0 Å². The maximum Gasteiger partial charge on any atom is 0.334 e. The zero-order valence-corrected chi connectivity index (χ0v) is 16.6. The molecule has 4 amide bonds. The number of amides is 4. The predicted octanol–water partition coefficient (Wildman–Crippen LogP) is 3.97. The molecule has 6 heteroatoms. The Balaban J connectivity index is 1.72. The third kappa shape index (κ3) is 4.38. The highest BCUT2D eigenvalue weighted by Gasteiger charge is 2.41. The molecule has 1 fully saturated rings. The normalized spacial score (nSPS) is 14.2. The van der Waals surface area contributed by atoms with Crippen molar-refractivity contribution in [3.8, 4) is 5.75 Å². The van der Waals surface area contributed by atoms with E-state index in [4.69, 9.17) is 0 Å². The Labute approximate surface area is 179 Å². The van der Waals surface area contributed by atoms with Gasteiger partial charge in [-0.15, -0.1) is 0 Å². The van der Waals surface area contributed by atoms with Gasteiger partial charge in [-0.1, -0.05) is 72.8 Å².